The first kappa shape index (κ1) is 9.01. The maximum absolute atomic E-state index is 5.95. The molecule has 0 bridgehead atoms. The molecule has 0 unspecified atom stereocenters. The minimum atomic E-state index is 0.664. The first-order chi connectivity index (χ1) is 6.31. The van der Waals surface area contributed by atoms with Gasteiger partial charge in [0.2, 0.25) is 0 Å². The van der Waals surface area contributed by atoms with Gasteiger partial charge in [-0.25, -0.2) is 4.98 Å². The highest BCUT2D eigenvalue weighted by molar-refractivity contribution is 6.29. The number of aryl methyl sites for hydroxylation is 2. The van der Waals surface area contributed by atoms with Crippen molar-refractivity contribution in [2.75, 3.05) is 0 Å². The van der Waals surface area contributed by atoms with E-state index in [1.165, 1.54) is 42.5 Å². The normalized spacial score (nSPS) is 15.5. The molecule has 13 heavy (non-hydrogen) atoms. The lowest BCUT2D eigenvalue weighted by molar-refractivity contribution is 0.673. The second-order valence-corrected chi connectivity index (χ2v) is 3.98. The molecule has 1 nitrogen and oxygen atoms in total. The third-order valence-corrected chi connectivity index (χ3v) is 2.92. The fraction of sp³-hybridized carbons (Fsp3) is 0.545. The highest BCUT2D eigenvalue weighted by Gasteiger charge is 2.14. The zero-order valence-electron chi connectivity index (χ0n) is 7.94. The van der Waals surface area contributed by atoms with Crippen LogP contribution in [0.2, 0.25) is 5.15 Å². The van der Waals surface area contributed by atoms with Crippen LogP contribution >= 0.6 is 11.6 Å². The second-order valence-electron chi connectivity index (χ2n) is 3.59. The molecule has 0 atom stereocenters. The third kappa shape index (κ3) is 1.71. The van der Waals surface area contributed by atoms with Crippen LogP contribution in [-0.4, -0.2) is 4.98 Å². The summed E-state index contributed by atoms with van der Waals surface area (Å²) in [7, 11) is 0. The van der Waals surface area contributed by atoms with E-state index in [4.69, 9.17) is 11.6 Å². The van der Waals surface area contributed by atoms with E-state index in [9.17, 15) is 0 Å². The average Bonchev–Trinajstić information content (AvgIpc) is 2.16. The summed E-state index contributed by atoms with van der Waals surface area (Å²) in [6, 6.07) is 2.04. The third-order valence-electron chi connectivity index (χ3n) is 2.73. The Labute approximate surface area is 84.1 Å². The predicted molar refractivity (Wildman–Crippen MR) is 55.3 cm³/mol. The van der Waals surface area contributed by atoms with Crippen LogP contribution < -0.4 is 0 Å². The molecule has 0 aromatic carbocycles. The zero-order chi connectivity index (χ0) is 9.26. The van der Waals surface area contributed by atoms with Crippen molar-refractivity contribution in [1.29, 1.82) is 0 Å². The fourth-order valence-corrected chi connectivity index (χ4v) is 2.32. The summed E-state index contributed by atoms with van der Waals surface area (Å²) >= 11 is 5.95. The van der Waals surface area contributed by atoms with Crippen molar-refractivity contribution in [1.82, 2.24) is 4.98 Å². The van der Waals surface area contributed by atoms with Gasteiger partial charge in [-0.2, -0.15) is 0 Å². The minimum Gasteiger partial charge on any atom is -0.241 e. The minimum absolute atomic E-state index is 0.664. The van der Waals surface area contributed by atoms with Gasteiger partial charge in [-0.15, -0.1) is 0 Å². The van der Waals surface area contributed by atoms with Crippen LogP contribution in [0.4, 0.5) is 0 Å². The van der Waals surface area contributed by atoms with Crippen LogP contribution in [0.15, 0.2) is 6.07 Å². The smallest absolute Gasteiger partial charge is 0.129 e. The molecule has 0 spiro atoms. The van der Waals surface area contributed by atoms with Gasteiger partial charge in [0.05, 0.1) is 0 Å². The molecular formula is C11H14ClN. The molecule has 0 aliphatic heterocycles. The molecule has 0 amide bonds. The molecule has 0 fully saturated rings. The van der Waals surface area contributed by atoms with E-state index in [-0.39, 0.29) is 0 Å². The zero-order valence-corrected chi connectivity index (χ0v) is 8.69. The van der Waals surface area contributed by atoms with Crippen molar-refractivity contribution in [3.05, 3.63) is 28.0 Å². The van der Waals surface area contributed by atoms with E-state index in [1.807, 2.05) is 6.07 Å². The molecule has 1 aliphatic rings. The number of hydrogen-bond donors (Lipinski definition) is 0. The van der Waals surface area contributed by atoms with E-state index in [0.29, 0.717) is 5.15 Å². The first-order valence-electron chi connectivity index (χ1n) is 4.98. The van der Waals surface area contributed by atoms with E-state index >= 15 is 0 Å². The molecule has 0 saturated heterocycles. The molecule has 1 aliphatic carbocycles. The van der Waals surface area contributed by atoms with Gasteiger partial charge >= 0.3 is 0 Å². The van der Waals surface area contributed by atoms with Crippen LogP contribution in [-0.2, 0) is 19.3 Å². The van der Waals surface area contributed by atoms with Gasteiger partial charge < -0.3 is 0 Å². The average molecular weight is 196 g/mol. The maximum atomic E-state index is 5.95. The van der Waals surface area contributed by atoms with Gasteiger partial charge in [0.15, 0.2) is 0 Å². The number of aromatic nitrogens is 1. The molecule has 0 saturated carbocycles. The monoisotopic (exact) mass is 195 g/mol. The molecule has 1 aromatic rings. The predicted octanol–water partition coefficient (Wildman–Crippen LogP) is 3.18. The van der Waals surface area contributed by atoms with Gasteiger partial charge in [0.1, 0.15) is 5.15 Å². The molecule has 2 rings (SSSR count). The number of hydrogen-bond acceptors (Lipinski definition) is 1. The number of halogens is 1. The van der Waals surface area contributed by atoms with E-state index in [2.05, 4.69) is 11.9 Å². The summed E-state index contributed by atoms with van der Waals surface area (Å²) in [6.07, 6.45) is 6.00. The van der Waals surface area contributed by atoms with E-state index in [1.54, 1.807) is 0 Å². The van der Waals surface area contributed by atoms with Crippen molar-refractivity contribution in [2.45, 2.75) is 39.0 Å². The molecule has 2 heteroatoms. The van der Waals surface area contributed by atoms with Gasteiger partial charge in [-0.05, 0) is 49.3 Å². The van der Waals surface area contributed by atoms with Crippen LogP contribution in [0.5, 0.6) is 0 Å². The Bertz CT molecular complexity index is 303. The largest absolute Gasteiger partial charge is 0.241 e. The standard InChI is InChI=1S/C11H14ClN/c1-2-10-9-6-4-3-5-8(9)7-11(12)13-10/h7H,2-6H2,1H3. The van der Waals surface area contributed by atoms with Crippen molar-refractivity contribution >= 4 is 11.6 Å². The van der Waals surface area contributed by atoms with Gasteiger partial charge in [0.25, 0.3) is 0 Å². The Balaban J connectivity index is 2.50. The molecular weight excluding hydrogens is 182 g/mol. The fourth-order valence-electron chi connectivity index (χ4n) is 2.08. The molecule has 1 heterocycles. The maximum Gasteiger partial charge on any atom is 0.129 e. The summed E-state index contributed by atoms with van der Waals surface area (Å²) in [4.78, 5) is 4.37. The summed E-state index contributed by atoms with van der Waals surface area (Å²) in [5.74, 6) is 0. The molecule has 0 N–H and O–H groups in total. The highest BCUT2D eigenvalue weighted by atomic mass is 35.5. The topological polar surface area (TPSA) is 12.9 Å². The van der Waals surface area contributed by atoms with Crippen LogP contribution in [0.25, 0.3) is 0 Å². The lowest BCUT2D eigenvalue weighted by Gasteiger charge is -2.18. The van der Waals surface area contributed by atoms with Crippen molar-refractivity contribution in [3.8, 4) is 0 Å². The number of rotatable bonds is 1. The Morgan fingerprint density at radius 1 is 1.38 bits per heavy atom. The summed E-state index contributed by atoms with van der Waals surface area (Å²) in [6.45, 7) is 2.15. The number of nitrogens with zero attached hydrogens (tertiary/aromatic N) is 1. The van der Waals surface area contributed by atoms with Crippen molar-refractivity contribution < 1.29 is 0 Å². The second kappa shape index (κ2) is 3.67. The Morgan fingerprint density at radius 3 is 2.92 bits per heavy atom. The summed E-state index contributed by atoms with van der Waals surface area (Å²) < 4.78 is 0. The molecule has 70 valence electrons. The Hall–Kier alpha value is -0.560. The quantitative estimate of drug-likeness (QED) is 0.628. The van der Waals surface area contributed by atoms with E-state index in [0.717, 1.165) is 6.42 Å². The van der Waals surface area contributed by atoms with Gasteiger partial charge in [-0.1, -0.05) is 18.5 Å². The lowest BCUT2D eigenvalue weighted by Crippen LogP contribution is -2.08. The van der Waals surface area contributed by atoms with Gasteiger partial charge in [-0.3, -0.25) is 0 Å². The van der Waals surface area contributed by atoms with Crippen molar-refractivity contribution in [3.63, 3.8) is 0 Å². The number of pyridine rings is 1. The van der Waals surface area contributed by atoms with Crippen LogP contribution in [0, 0.1) is 0 Å². The highest BCUT2D eigenvalue weighted by Crippen LogP contribution is 2.26. The first-order valence-corrected chi connectivity index (χ1v) is 5.36. The molecule has 1 aromatic heterocycles. The van der Waals surface area contributed by atoms with E-state index < -0.39 is 0 Å². The van der Waals surface area contributed by atoms with Crippen molar-refractivity contribution in [2.24, 2.45) is 0 Å². The summed E-state index contributed by atoms with van der Waals surface area (Å²) in [5.41, 5.74) is 4.11. The molecule has 0 radical (unpaired) electrons. The van der Waals surface area contributed by atoms with Gasteiger partial charge in [0, 0.05) is 5.69 Å². The lowest BCUT2D eigenvalue weighted by atomic mass is 9.90. The Kier molecular flexibility index (Phi) is 2.54. The Morgan fingerprint density at radius 2 is 2.15 bits per heavy atom. The SMILES string of the molecule is CCc1nc(Cl)cc2c1CCCC2. The number of fused-ring (bicyclic) bond motifs is 1. The summed E-state index contributed by atoms with van der Waals surface area (Å²) in [5, 5.41) is 0.664. The van der Waals surface area contributed by atoms with Crippen LogP contribution in [0.1, 0.15) is 36.6 Å². The van der Waals surface area contributed by atoms with Crippen LogP contribution in [0.3, 0.4) is 0 Å².